The zero-order chi connectivity index (χ0) is 92.9. The number of rotatable bonds is 29. The van der Waals surface area contributed by atoms with Gasteiger partial charge in [-0.25, -0.2) is 19.2 Å². The van der Waals surface area contributed by atoms with E-state index in [0.717, 1.165) is 136 Å². The average Bonchev–Trinajstić information content (AvgIpc) is 0.903. The number of carbonyl (C=O) groups is 14. The molecule has 0 bridgehead atoms. The van der Waals surface area contributed by atoms with Gasteiger partial charge in [-0.3, -0.25) is 47.9 Å². The van der Waals surface area contributed by atoms with Gasteiger partial charge in [-0.2, -0.15) is 0 Å². The third kappa shape index (κ3) is 65.4. The van der Waals surface area contributed by atoms with Crippen LogP contribution >= 0.6 is 0 Å². The topological polar surface area (TPSA) is 431 Å². The molecule has 4 saturated carbocycles. The highest BCUT2D eigenvalue weighted by atomic mass is 16.7. The molecule has 9 aliphatic heterocycles. The molecule has 0 amide bonds. The maximum Gasteiger partial charge on any atom is 0.508 e. The maximum atomic E-state index is 11.4. The second kappa shape index (κ2) is 72.8. The Bertz CT molecular complexity index is 3230. The summed E-state index contributed by atoms with van der Waals surface area (Å²) in [5, 5.41) is 0. The van der Waals surface area contributed by atoms with Gasteiger partial charge in [0.2, 0.25) is 0 Å². The van der Waals surface area contributed by atoms with Crippen molar-refractivity contribution in [3.8, 4) is 12.3 Å². The monoisotopic (exact) mass is 1790 g/mol. The summed E-state index contributed by atoms with van der Waals surface area (Å²) in [5.41, 5.74) is -1.76. The Morgan fingerprint density at radius 3 is 1.35 bits per heavy atom. The standard InChI is InChI=1S/C9H12O5.C9H14O3.C9H14O.C9H12O.C8H12O5.C8H12O3.C8H12O.C7H14O3.C6H8O3.C6H10O2.C6H10O.C4H4O4.C3H6O.CH4/c1-3-4-12-7(10)9(2)5-13-8(11)14-6-9;1-2-3-4-9(10)11-6-5-8-7-12-8;2*1-2-5-8-6-3-4-7-9(8)10;1-3-11-6(9)8(2)4-12-7(10)13-5-8;1-2-3-4-8(9)11-6-7-5-10-7;1-2-7-5-3-4-6-8(7)9;1-3-8-6(2)9-4-7-5-10-7;7-5-1-2-6(8)9-4-3-5;1-2-3-7-4-6-5-8-6;7-6-4-2-1-3-5-6;5-3-1-7-4(6)2-8-3;1-3-2-4-3;/h3H,1,4-6H2,2H3;2,8H,1,3-7H2;2,8H,1,3-7H2;1,8H,3-7H2;3-5H2,1-2H3;2,7H,1,3-6H2;2,7H,1,3-6H2;6-7H,3-5H2,1-2H3;1-4H2;2,6H,1,3-5H2;1-5H2;1-2H2;3H,2H2,1H3;1H4. The summed E-state index contributed by atoms with van der Waals surface area (Å²) >= 11 is 0. The Morgan fingerprint density at radius 1 is 0.476 bits per heavy atom. The minimum Gasteiger partial charge on any atom is -0.466 e. The van der Waals surface area contributed by atoms with Crippen molar-refractivity contribution < 1.29 is 157 Å². The fourth-order valence-electron chi connectivity index (χ4n) is 10.8. The van der Waals surface area contributed by atoms with Crippen molar-refractivity contribution in [3.05, 3.63) is 75.9 Å². The van der Waals surface area contributed by atoms with Crippen LogP contribution in [0.3, 0.4) is 0 Å². The molecule has 9 heterocycles. The number of terminal acetylenes is 1. The number of esters is 7. The molecule has 33 nitrogen and oxygen atoms in total. The van der Waals surface area contributed by atoms with Crippen molar-refractivity contribution >= 4 is 83.0 Å². The van der Waals surface area contributed by atoms with E-state index in [0.29, 0.717) is 138 Å². The number of Topliss-reactive ketones (excluding diaryl/α,β-unsaturated/α-hetero) is 5. The minimum atomic E-state index is -0.906. The molecule has 9 saturated heterocycles. The second-order valence-corrected chi connectivity index (χ2v) is 30.6. The van der Waals surface area contributed by atoms with Crippen LogP contribution in [0.15, 0.2) is 75.9 Å². The molecule has 9 unspecified atom stereocenters. The lowest BCUT2D eigenvalue weighted by molar-refractivity contribution is -0.174. The van der Waals surface area contributed by atoms with Crippen LogP contribution in [0.2, 0.25) is 0 Å². The minimum absolute atomic E-state index is 0. The molecule has 0 N–H and O–H groups in total. The first kappa shape index (κ1) is 117. The largest absolute Gasteiger partial charge is 0.508 e. The van der Waals surface area contributed by atoms with Gasteiger partial charge in [0.25, 0.3) is 0 Å². The fraction of sp³-hybridized carbons (Fsp3) is 0.699. The Balaban J connectivity index is 0.00000135. The number of carbonyl (C=O) groups excluding carboxylic acids is 14. The molecule has 4 aliphatic carbocycles. The van der Waals surface area contributed by atoms with E-state index in [1.165, 1.54) is 31.8 Å². The molecule has 13 fully saturated rings. The Morgan fingerprint density at radius 2 is 0.937 bits per heavy atom. The normalized spacial score (nSPS) is 23.0. The summed E-state index contributed by atoms with van der Waals surface area (Å²) in [6.45, 7) is 40.2. The van der Waals surface area contributed by atoms with Crippen LogP contribution < -0.4 is 0 Å². The predicted molar refractivity (Wildman–Crippen MR) is 462 cm³/mol. The maximum absolute atomic E-state index is 11.4. The SMILES string of the molecule is C.C#CCC1CCCCC1=O.C=CC1CCCCC1=O.C=CCC1CCCCC1=O.C=CCCC(=O)OCC1CO1.C=CCCC(=O)OCCC1CO1.C=CCOC(=O)C1(C)COC(=O)OC1.C=CCOCC1CO1.CC1CO1.CCOC(=O)C1(C)COC(=O)OC1.CCOC(C)OCC1CO1.O=C1CCCCC1.O=C1CCOC(=O)CC1.O=C1COC(=O)CO1. The van der Waals surface area contributed by atoms with Crippen LogP contribution in [-0.2, 0) is 148 Å². The van der Waals surface area contributed by atoms with Crippen molar-refractivity contribution in [3.63, 3.8) is 0 Å². The quantitative estimate of drug-likeness (QED) is 0.0128. The van der Waals surface area contributed by atoms with Gasteiger partial charge in [-0.1, -0.05) is 76.1 Å². The second-order valence-electron chi connectivity index (χ2n) is 30.6. The zero-order valence-electron chi connectivity index (χ0n) is 74.7. The summed E-state index contributed by atoms with van der Waals surface area (Å²) in [4.78, 5) is 150. The Kier molecular flexibility index (Phi) is 67.6. The first-order chi connectivity index (χ1) is 60.0. The van der Waals surface area contributed by atoms with Crippen molar-refractivity contribution in [2.24, 2.45) is 28.6 Å². The lowest BCUT2D eigenvalue weighted by Gasteiger charge is -2.29. The summed E-state index contributed by atoms with van der Waals surface area (Å²) in [6, 6.07) is 0. The van der Waals surface area contributed by atoms with Crippen LogP contribution in [0, 0.1) is 40.9 Å². The first-order valence-electron chi connectivity index (χ1n) is 43.3. The van der Waals surface area contributed by atoms with E-state index in [1.807, 2.05) is 19.9 Å². The van der Waals surface area contributed by atoms with Gasteiger partial charge in [0.05, 0.1) is 91.3 Å². The van der Waals surface area contributed by atoms with Gasteiger partial charge in [-0.05, 0) is 112 Å². The number of ether oxygens (including phenoxy) is 19. The zero-order valence-corrected chi connectivity index (χ0v) is 74.7. The number of hydrogen-bond acceptors (Lipinski definition) is 33. The van der Waals surface area contributed by atoms with E-state index >= 15 is 0 Å². The average molecular weight is 1790 g/mol. The molecular formula is C93H144O33. The predicted octanol–water partition coefficient (Wildman–Crippen LogP) is 13.1. The molecule has 13 rings (SSSR count). The number of ketones is 5. The molecule has 33 heteroatoms. The van der Waals surface area contributed by atoms with Crippen LogP contribution in [0.1, 0.15) is 222 Å². The van der Waals surface area contributed by atoms with E-state index in [9.17, 15) is 67.1 Å². The summed E-state index contributed by atoms with van der Waals surface area (Å²) in [5.74, 6) is 2.66. The number of hydrogen-bond donors (Lipinski definition) is 0. The van der Waals surface area contributed by atoms with Gasteiger partial charge in [0.15, 0.2) is 19.5 Å². The van der Waals surface area contributed by atoms with Gasteiger partial charge < -0.3 is 90.0 Å². The summed E-state index contributed by atoms with van der Waals surface area (Å²) in [6.07, 6.45) is 38.8. The van der Waals surface area contributed by atoms with Crippen LogP contribution in [0.25, 0.3) is 0 Å². The molecule has 0 aromatic rings. The molecule has 0 radical (unpaired) electrons. The highest BCUT2D eigenvalue weighted by Crippen LogP contribution is 2.28. The highest BCUT2D eigenvalue weighted by molar-refractivity contribution is 5.86. The van der Waals surface area contributed by atoms with Gasteiger partial charge in [-0.15, -0.1) is 45.2 Å². The first-order valence-corrected chi connectivity index (χ1v) is 43.3. The van der Waals surface area contributed by atoms with Gasteiger partial charge >= 0.3 is 54.1 Å². The highest BCUT2D eigenvalue weighted by Gasteiger charge is 2.43. The van der Waals surface area contributed by atoms with Crippen LogP contribution in [0.4, 0.5) is 9.59 Å². The third-order valence-corrected chi connectivity index (χ3v) is 18.9. The smallest absolute Gasteiger partial charge is 0.466 e. The summed E-state index contributed by atoms with van der Waals surface area (Å²) in [7, 11) is 0. The van der Waals surface area contributed by atoms with E-state index in [2.05, 4.69) is 85.5 Å². The lowest BCUT2D eigenvalue weighted by atomic mass is 9.86. The molecule has 714 valence electrons. The van der Waals surface area contributed by atoms with E-state index in [-0.39, 0.29) is 115 Å². The van der Waals surface area contributed by atoms with E-state index in [4.69, 9.17) is 63.3 Å². The van der Waals surface area contributed by atoms with Crippen molar-refractivity contribution in [1.82, 2.24) is 0 Å². The molecular weight excluding hydrogens is 1640 g/mol. The van der Waals surface area contributed by atoms with E-state index in [1.54, 1.807) is 45.1 Å². The van der Waals surface area contributed by atoms with Crippen LogP contribution in [0.5, 0.6) is 0 Å². The van der Waals surface area contributed by atoms with E-state index < -0.39 is 47.0 Å². The lowest BCUT2D eigenvalue weighted by Crippen LogP contribution is -2.44. The van der Waals surface area contributed by atoms with Crippen LogP contribution in [-0.4, -0.2) is 252 Å². The van der Waals surface area contributed by atoms with Gasteiger partial charge in [0, 0.05) is 95.0 Å². The molecule has 0 aromatic carbocycles. The van der Waals surface area contributed by atoms with Crippen molar-refractivity contribution in [2.45, 2.75) is 259 Å². The van der Waals surface area contributed by atoms with Crippen molar-refractivity contribution in [1.29, 1.82) is 0 Å². The van der Waals surface area contributed by atoms with Gasteiger partial charge in [0.1, 0.15) is 97.7 Å². The molecule has 9 atom stereocenters. The molecule has 0 spiro atoms. The molecule has 0 aromatic heterocycles. The van der Waals surface area contributed by atoms with Crippen molar-refractivity contribution in [2.75, 3.05) is 132 Å². The molecule has 126 heavy (non-hydrogen) atoms. The third-order valence-electron chi connectivity index (χ3n) is 18.9. The molecule has 13 aliphatic rings. The number of cyclic esters (lactones) is 7. The Labute approximate surface area is 745 Å². The Hall–Kier alpha value is -9.14. The number of epoxide rings is 5. The number of allylic oxidation sites excluding steroid dienone is 4. The fourth-order valence-corrected chi connectivity index (χ4v) is 10.8. The summed E-state index contributed by atoms with van der Waals surface area (Å²) < 4.78 is 90.9.